The van der Waals surface area contributed by atoms with Crippen LogP contribution in [0.1, 0.15) is 61.3 Å². The summed E-state index contributed by atoms with van der Waals surface area (Å²) in [4.78, 5) is 0. The standard InChI is InChI=1S/C6H15N.C3H8.C2H6/c1-5(2)4-6(3)7;1-3-2;1-2/h5-6H,4,7H2,1-3H3;3H2,1-2H3;1-2H3. The molecule has 0 aromatic rings. The van der Waals surface area contributed by atoms with Crippen LogP contribution in [-0.4, -0.2) is 6.04 Å². The third-order valence-corrected chi connectivity index (χ3v) is 0.843. The van der Waals surface area contributed by atoms with Crippen LogP contribution in [0.3, 0.4) is 0 Å². The maximum absolute atomic E-state index is 5.49. The molecular weight excluding hydrogens is 146 g/mol. The molecule has 0 aromatic carbocycles. The first-order valence-electron chi connectivity index (χ1n) is 5.30. The zero-order chi connectivity index (χ0) is 10.6. The van der Waals surface area contributed by atoms with Gasteiger partial charge < -0.3 is 5.73 Å². The van der Waals surface area contributed by atoms with Crippen LogP contribution < -0.4 is 5.73 Å². The van der Waals surface area contributed by atoms with E-state index in [1.165, 1.54) is 6.42 Å². The summed E-state index contributed by atoms with van der Waals surface area (Å²) >= 11 is 0. The van der Waals surface area contributed by atoms with Crippen molar-refractivity contribution in [1.29, 1.82) is 0 Å². The molecule has 1 atom stereocenters. The van der Waals surface area contributed by atoms with Gasteiger partial charge in [-0.1, -0.05) is 48.0 Å². The second-order valence-electron chi connectivity index (χ2n) is 3.31. The van der Waals surface area contributed by atoms with Gasteiger partial charge in [-0.25, -0.2) is 0 Å². The highest BCUT2D eigenvalue weighted by Gasteiger charge is 1.95. The molecule has 1 heteroatoms. The molecule has 1 unspecified atom stereocenters. The Kier molecular flexibility index (Phi) is 25.6. The van der Waals surface area contributed by atoms with E-state index in [-0.39, 0.29) is 0 Å². The minimum absolute atomic E-state index is 0.375. The maximum Gasteiger partial charge on any atom is 0.00129 e. The first-order valence-corrected chi connectivity index (χ1v) is 5.30. The first-order chi connectivity index (χ1) is 5.54. The molecule has 78 valence electrons. The number of rotatable bonds is 2. The van der Waals surface area contributed by atoms with E-state index in [0.29, 0.717) is 6.04 Å². The number of nitrogens with two attached hydrogens (primary N) is 1. The fourth-order valence-electron chi connectivity index (χ4n) is 0.744. The predicted octanol–water partition coefficient (Wildman–Crippen LogP) is 3.82. The van der Waals surface area contributed by atoms with Gasteiger partial charge in [-0.2, -0.15) is 0 Å². The van der Waals surface area contributed by atoms with Gasteiger partial charge in [0.1, 0.15) is 0 Å². The molecule has 0 spiro atoms. The Labute approximate surface area is 79.7 Å². The van der Waals surface area contributed by atoms with Crippen LogP contribution in [0.5, 0.6) is 0 Å². The molecule has 0 amide bonds. The zero-order valence-electron chi connectivity index (χ0n) is 10.1. The highest BCUT2D eigenvalue weighted by atomic mass is 14.6. The van der Waals surface area contributed by atoms with Gasteiger partial charge >= 0.3 is 0 Å². The fourth-order valence-corrected chi connectivity index (χ4v) is 0.744. The first kappa shape index (κ1) is 17.9. The molecule has 0 saturated carbocycles. The van der Waals surface area contributed by atoms with Crippen LogP contribution in [-0.2, 0) is 0 Å². The maximum atomic E-state index is 5.49. The second-order valence-corrected chi connectivity index (χ2v) is 3.31. The molecule has 0 aromatic heterocycles. The van der Waals surface area contributed by atoms with Gasteiger partial charge in [0.15, 0.2) is 0 Å². The highest BCUT2D eigenvalue weighted by molar-refractivity contribution is 4.54. The molecule has 1 nitrogen and oxygen atoms in total. The third-order valence-electron chi connectivity index (χ3n) is 0.843. The molecule has 0 aliphatic heterocycles. The van der Waals surface area contributed by atoms with Crippen LogP contribution in [0.25, 0.3) is 0 Å². The van der Waals surface area contributed by atoms with Crippen molar-refractivity contribution in [2.75, 3.05) is 0 Å². The SMILES string of the molecule is CC.CC(C)CC(C)N.CCC. The Bertz CT molecular complexity index is 43.0. The quantitative estimate of drug-likeness (QED) is 0.678. The van der Waals surface area contributed by atoms with E-state index >= 15 is 0 Å². The Morgan fingerprint density at radius 2 is 1.25 bits per heavy atom. The lowest BCUT2D eigenvalue weighted by Crippen LogP contribution is -2.16. The van der Waals surface area contributed by atoms with Crippen molar-refractivity contribution in [3.63, 3.8) is 0 Å². The molecule has 0 aliphatic carbocycles. The summed E-state index contributed by atoms with van der Waals surface area (Å²) in [6.07, 6.45) is 2.39. The van der Waals surface area contributed by atoms with E-state index in [1.807, 2.05) is 20.8 Å². The summed E-state index contributed by atoms with van der Waals surface area (Å²) in [5, 5.41) is 0. The summed E-state index contributed by atoms with van der Waals surface area (Å²) in [7, 11) is 0. The zero-order valence-corrected chi connectivity index (χ0v) is 10.1. The van der Waals surface area contributed by atoms with Gasteiger partial charge in [-0.05, 0) is 19.3 Å². The molecule has 0 fully saturated rings. The molecule has 0 heterocycles. The molecule has 2 N–H and O–H groups in total. The van der Waals surface area contributed by atoms with Gasteiger partial charge in [0.05, 0.1) is 0 Å². The number of hydrogen-bond donors (Lipinski definition) is 1. The minimum Gasteiger partial charge on any atom is -0.328 e. The molecule has 0 saturated heterocycles. The van der Waals surface area contributed by atoms with Crippen molar-refractivity contribution in [1.82, 2.24) is 0 Å². The summed E-state index contributed by atoms with van der Waals surface area (Å²) in [6, 6.07) is 0.375. The van der Waals surface area contributed by atoms with Gasteiger partial charge in [0.2, 0.25) is 0 Å². The lowest BCUT2D eigenvalue weighted by Gasteiger charge is -2.05. The predicted molar refractivity (Wildman–Crippen MR) is 60.4 cm³/mol. The largest absolute Gasteiger partial charge is 0.328 e. The van der Waals surface area contributed by atoms with Crippen molar-refractivity contribution in [2.24, 2.45) is 11.7 Å². The Morgan fingerprint density at radius 3 is 1.25 bits per heavy atom. The van der Waals surface area contributed by atoms with E-state index in [9.17, 15) is 0 Å². The molecule has 0 aliphatic rings. The lowest BCUT2D eigenvalue weighted by atomic mass is 10.1. The van der Waals surface area contributed by atoms with Crippen LogP contribution in [0.4, 0.5) is 0 Å². The van der Waals surface area contributed by atoms with Gasteiger partial charge in [-0.3, -0.25) is 0 Å². The Morgan fingerprint density at radius 1 is 1.00 bits per heavy atom. The molecule has 0 bridgehead atoms. The third kappa shape index (κ3) is 51.0. The van der Waals surface area contributed by atoms with E-state index in [0.717, 1.165) is 12.3 Å². The van der Waals surface area contributed by atoms with Gasteiger partial charge in [0.25, 0.3) is 0 Å². The number of hydrogen-bond acceptors (Lipinski definition) is 1. The van der Waals surface area contributed by atoms with Gasteiger partial charge in [-0.15, -0.1) is 0 Å². The molecule has 12 heavy (non-hydrogen) atoms. The smallest absolute Gasteiger partial charge is 0.00129 e. The minimum atomic E-state index is 0.375. The average Bonchev–Trinajstić information content (AvgIpc) is 1.90. The van der Waals surface area contributed by atoms with Crippen LogP contribution in [0, 0.1) is 5.92 Å². The van der Waals surface area contributed by atoms with Crippen LogP contribution in [0.2, 0.25) is 0 Å². The second kappa shape index (κ2) is 17.2. The average molecular weight is 175 g/mol. The van der Waals surface area contributed by atoms with Gasteiger partial charge in [0, 0.05) is 6.04 Å². The normalized spacial score (nSPS) is 10.8. The van der Waals surface area contributed by atoms with Crippen molar-refractivity contribution >= 4 is 0 Å². The van der Waals surface area contributed by atoms with E-state index < -0.39 is 0 Å². The van der Waals surface area contributed by atoms with Crippen molar-refractivity contribution in [3.05, 3.63) is 0 Å². The topological polar surface area (TPSA) is 26.0 Å². The summed E-state index contributed by atoms with van der Waals surface area (Å²) in [6.45, 7) is 14.7. The van der Waals surface area contributed by atoms with Crippen LogP contribution >= 0.6 is 0 Å². The monoisotopic (exact) mass is 175 g/mol. The van der Waals surface area contributed by atoms with E-state index in [1.54, 1.807) is 0 Å². The molecular formula is C11H29N. The van der Waals surface area contributed by atoms with Crippen molar-refractivity contribution < 1.29 is 0 Å². The summed E-state index contributed by atoms with van der Waals surface area (Å²) < 4.78 is 0. The summed E-state index contributed by atoms with van der Waals surface area (Å²) in [5.41, 5.74) is 5.49. The van der Waals surface area contributed by atoms with E-state index in [4.69, 9.17) is 5.73 Å². The van der Waals surface area contributed by atoms with Crippen LogP contribution in [0.15, 0.2) is 0 Å². The van der Waals surface area contributed by atoms with Crippen molar-refractivity contribution in [2.45, 2.75) is 67.3 Å². The molecule has 0 rings (SSSR count). The van der Waals surface area contributed by atoms with E-state index in [2.05, 4.69) is 27.7 Å². The summed E-state index contributed by atoms with van der Waals surface area (Å²) in [5.74, 6) is 0.750. The molecule has 0 radical (unpaired) electrons. The lowest BCUT2D eigenvalue weighted by molar-refractivity contribution is 0.520. The highest BCUT2D eigenvalue weighted by Crippen LogP contribution is 2.00. The fraction of sp³-hybridized carbons (Fsp3) is 1.00. The Balaban J connectivity index is -0.000000137. The van der Waals surface area contributed by atoms with Crippen molar-refractivity contribution in [3.8, 4) is 0 Å². The Hall–Kier alpha value is -0.0400.